The molecule has 0 aromatic heterocycles. The number of nitrogen functional groups attached to an aromatic ring is 1. The number of hydrogen-bond acceptors (Lipinski definition) is 5. The van der Waals surface area contributed by atoms with Crippen LogP contribution >= 0.6 is 0 Å². The van der Waals surface area contributed by atoms with E-state index in [2.05, 4.69) is 10.6 Å². The molecule has 2 aliphatic heterocycles. The minimum Gasteiger partial charge on any atom is -0.399 e. The Morgan fingerprint density at radius 1 is 1.14 bits per heavy atom. The van der Waals surface area contributed by atoms with E-state index in [0.29, 0.717) is 42.9 Å². The molecule has 2 aromatic carbocycles. The van der Waals surface area contributed by atoms with Crippen LogP contribution in [0.3, 0.4) is 0 Å². The number of hydrogen-bond donors (Lipinski definition) is 3. The first-order chi connectivity index (χ1) is 16.8. The summed E-state index contributed by atoms with van der Waals surface area (Å²) in [5, 5.41) is 5.12. The average Bonchev–Trinajstić information content (AvgIpc) is 3.23. The molecule has 0 saturated carbocycles. The van der Waals surface area contributed by atoms with E-state index in [4.69, 9.17) is 10.5 Å². The van der Waals surface area contributed by atoms with E-state index in [1.54, 1.807) is 25.1 Å². The molecule has 2 aromatic rings. The molecular weight excluding hydrogens is 458 g/mol. The molecule has 2 heterocycles. The van der Waals surface area contributed by atoms with Gasteiger partial charge >= 0.3 is 0 Å². The van der Waals surface area contributed by atoms with Gasteiger partial charge in [0.05, 0.1) is 0 Å². The van der Waals surface area contributed by atoms with Gasteiger partial charge in [0.15, 0.2) is 0 Å². The third kappa shape index (κ3) is 5.12. The molecule has 1 saturated heterocycles. The quantitative estimate of drug-likeness (QED) is 0.544. The monoisotopic (exact) mass is 486 g/mol. The summed E-state index contributed by atoms with van der Waals surface area (Å²) in [6.45, 7) is 2.70. The van der Waals surface area contributed by atoms with Crippen molar-refractivity contribution in [1.82, 2.24) is 10.2 Å². The number of anilines is 2. The molecule has 0 aliphatic carbocycles. The summed E-state index contributed by atoms with van der Waals surface area (Å²) in [6.07, 6.45) is 1.34. The first kappa shape index (κ1) is 24.6. The molecule has 0 radical (unpaired) electrons. The zero-order valence-electron chi connectivity index (χ0n) is 19.4. The number of carbonyl (C=O) groups excluding carboxylic acids is 3. The van der Waals surface area contributed by atoms with E-state index in [9.17, 15) is 23.2 Å². The van der Waals surface area contributed by atoms with Gasteiger partial charge in [0.1, 0.15) is 29.4 Å². The predicted octanol–water partition coefficient (Wildman–Crippen LogP) is 2.89. The van der Waals surface area contributed by atoms with Gasteiger partial charge in [-0.3, -0.25) is 14.4 Å². The summed E-state index contributed by atoms with van der Waals surface area (Å²) >= 11 is 0. The summed E-state index contributed by atoms with van der Waals surface area (Å²) < 4.78 is 33.9. The van der Waals surface area contributed by atoms with Gasteiger partial charge in [-0.2, -0.15) is 0 Å². The van der Waals surface area contributed by atoms with E-state index in [1.807, 2.05) is 0 Å². The van der Waals surface area contributed by atoms with Gasteiger partial charge < -0.3 is 26.0 Å². The van der Waals surface area contributed by atoms with Crippen LogP contribution in [0.1, 0.15) is 43.4 Å². The van der Waals surface area contributed by atoms with Gasteiger partial charge in [-0.15, -0.1) is 0 Å². The fraction of sp³-hybridized carbons (Fsp3) is 0.400. The van der Waals surface area contributed by atoms with Gasteiger partial charge in [-0.05, 0) is 54.2 Å². The Hall–Kier alpha value is -3.53. The van der Waals surface area contributed by atoms with Gasteiger partial charge in [-0.25, -0.2) is 8.78 Å². The van der Waals surface area contributed by atoms with Crippen LogP contribution in [0, 0.1) is 17.6 Å². The molecule has 0 unspecified atom stereocenters. The van der Waals surface area contributed by atoms with Crippen LogP contribution in [0.15, 0.2) is 36.4 Å². The van der Waals surface area contributed by atoms with Crippen LogP contribution in [0.25, 0.3) is 0 Å². The molecule has 0 spiro atoms. The largest absolute Gasteiger partial charge is 0.399 e. The lowest BCUT2D eigenvalue weighted by atomic mass is 9.90. The summed E-state index contributed by atoms with van der Waals surface area (Å²) in [6, 6.07) is 6.17. The van der Waals surface area contributed by atoms with E-state index in [1.165, 1.54) is 11.0 Å². The highest BCUT2D eigenvalue weighted by atomic mass is 19.1. The number of amides is 3. The Morgan fingerprint density at radius 2 is 1.83 bits per heavy atom. The van der Waals surface area contributed by atoms with Crippen LogP contribution < -0.4 is 16.4 Å². The van der Waals surface area contributed by atoms with Crippen LogP contribution in [0.5, 0.6) is 0 Å². The number of halogens is 2. The molecule has 2 atom stereocenters. The Balaban J connectivity index is 1.69. The fourth-order valence-electron chi connectivity index (χ4n) is 4.64. The van der Waals surface area contributed by atoms with Crippen LogP contribution in [0.4, 0.5) is 20.2 Å². The molecule has 1 fully saturated rings. The SMILES string of the molecule is CCC(=O)N[C@H](C(=O)N1Cc2ccc(N)cc2[C@H]1C(=O)Nc1c(F)cccc1F)C1CCOCC1. The van der Waals surface area contributed by atoms with Gasteiger partial charge in [0, 0.05) is 31.9 Å². The number of carbonyl (C=O) groups is 3. The van der Waals surface area contributed by atoms with E-state index in [-0.39, 0.29) is 24.8 Å². The maximum atomic E-state index is 14.3. The zero-order chi connectivity index (χ0) is 25.1. The van der Waals surface area contributed by atoms with Crippen molar-refractivity contribution in [2.24, 2.45) is 5.92 Å². The van der Waals surface area contributed by atoms with Crippen molar-refractivity contribution in [3.8, 4) is 0 Å². The molecule has 186 valence electrons. The lowest BCUT2D eigenvalue weighted by Gasteiger charge is -2.34. The Labute approximate surface area is 201 Å². The second-order valence-electron chi connectivity index (χ2n) is 8.76. The lowest BCUT2D eigenvalue weighted by Crippen LogP contribution is -2.53. The Bertz CT molecular complexity index is 1120. The van der Waals surface area contributed by atoms with Crippen molar-refractivity contribution in [2.45, 2.75) is 44.8 Å². The summed E-state index contributed by atoms with van der Waals surface area (Å²) in [7, 11) is 0. The first-order valence-corrected chi connectivity index (χ1v) is 11.6. The maximum Gasteiger partial charge on any atom is 0.252 e. The van der Waals surface area contributed by atoms with Gasteiger partial charge in [-0.1, -0.05) is 19.1 Å². The normalized spacial score (nSPS) is 18.6. The second kappa shape index (κ2) is 10.4. The van der Waals surface area contributed by atoms with Crippen molar-refractivity contribution in [2.75, 3.05) is 24.3 Å². The van der Waals surface area contributed by atoms with Crippen LogP contribution in [-0.2, 0) is 25.7 Å². The first-order valence-electron chi connectivity index (χ1n) is 11.6. The number of rotatable bonds is 6. The number of nitrogens with two attached hydrogens (primary N) is 1. The maximum absolute atomic E-state index is 14.3. The number of nitrogens with zero attached hydrogens (tertiary/aromatic N) is 1. The summed E-state index contributed by atoms with van der Waals surface area (Å²) in [5.74, 6) is -3.55. The minimum absolute atomic E-state index is 0.0913. The predicted molar refractivity (Wildman–Crippen MR) is 125 cm³/mol. The Kier molecular flexibility index (Phi) is 7.30. The number of para-hydroxylation sites is 1. The molecule has 4 rings (SSSR count). The average molecular weight is 487 g/mol. The third-order valence-corrected chi connectivity index (χ3v) is 6.50. The van der Waals surface area contributed by atoms with E-state index in [0.717, 1.165) is 12.1 Å². The van der Waals surface area contributed by atoms with E-state index < -0.39 is 41.2 Å². The number of nitrogens with one attached hydrogen (secondary N) is 2. The molecule has 35 heavy (non-hydrogen) atoms. The minimum atomic E-state index is -1.18. The lowest BCUT2D eigenvalue weighted by molar-refractivity contribution is -0.144. The molecule has 2 aliphatic rings. The molecule has 3 amide bonds. The molecule has 10 heteroatoms. The highest BCUT2D eigenvalue weighted by Gasteiger charge is 2.43. The van der Waals surface area contributed by atoms with Crippen LogP contribution in [-0.4, -0.2) is 41.9 Å². The Morgan fingerprint density at radius 3 is 2.49 bits per heavy atom. The van der Waals surface area contributed by atoms with Crippen molar-refractivity contribution in [1.29, 1.82) is 0 Å². The van der Waals surface area contributed by atoms with Crippen molar-refractivity contribution in [3.05, 3.63) is 59.2 Å². The highest BCUT2D eigenvalue weighted by Crippen LogP contribution is 2.37. The van der Waals surface area contributed by atoms with Gasteiger partial charge in [0.2, 0.25) is 11.8 Å². The standard InChI is InChI=1S/C25H28F2N4O4/c1-2-20(32)29-21(14-8-10-35-11-9-14)25(34)31-13-15-6-7-16(28)12-17(15)23(31)24(33)30-22-18(26)4-3-5-19(22)27/h3-7,12,14,21,23H,2,8-11,13,28H2,1H3,(H,29,32)(H,30,33)/t21-,23-/m0/s1. The number of benzene rings is 2. The molecule has 0 bridgehead atoms. The summed E-state index contributed by atoms with van der Waals surface area (Å²) in [4.78, 5) is 40.9. The molecule has 8 nitrogen and oxygen atoms in total. The highest BCUT2D eigenvalue weighted by molar-refractivity contribution is 6.00. The van der Waals surface area contributed by atoms with E-state index >= 15 is 0 Å². The fourth-order valence-corrected chi connectivity index (χ4v) is 4.64. The summed E-state index contributed by atoms with van der Waals surface area (Å²) in [5.41, 5.74) is 6.90. The topological polar surface area (TPSA) is 114 Å². The number of fused-ring (bicyclic) bond motifs is 1. The second-order valence-corrected chi connectivity index (χ2v) is 8.76. The smallest absolute Gasteiger partial charge is 0.252 e. The van der Waals surface area contributed by atoms with Crippen molar-refractivity contribution in [3.63, 3.8) is 0 Å². The molecular formula is C25H28F2N4O4. The molecule has 4 N–H and O–H groups in total. The van der Waals surface area contributed by atoms with Gasteiger partial charge in [0.25, 0.3) is 5.91 Å². The van der Waals surface area contributed by atoms with Crippen LogP contribution in [0.2, 0.25) is 0 Å². The van der Waals surface area contributed by atoms with Crippen molar-refractivity contribution >= 4 is 29.1 Å². The number of ether oxygens (including phenoxy) is 1. The van der Waals surface area contributed by atoms with Crippen molar-refractivity contribution < 1.29 is 27.9 Å². The zero-order valence-corrected chi connectivity index (χ0v) is 19.4. The third-order valence-electron chi connectivity index (χ3n) is 6.50.